The SMILES string of the molecule is CCCCCCc1[c]c2cc3ccccc3cc2cc1CCCCCC. The van der Waals surface area contributed by atoms with Gasteiger partial charge in [0.1, 0.15) is 0 Å². The van der Waals surface area contributed by atoms with E-state index < -0.39 is 0 Å². The fraction of sp³-hybridized carbons (Fsp3) is 0.462. The summed E-state index contributed by atoms with van der Waals surface area (Å²) in [5.74, 6) is 0. The van der Waals surface area contributed by atoms with Gasteiger partial charge in [0.25, 0.3) is 0 Å². The van der Waals surface area contributed by atoms with Crippen LogP contribution < -0.4 is 0 Å². The second-order valence-electron chi connectivity index (χ2n) is 7.68. The molecule has 0 unspecified atom stereocenters. The van der Waals surface area contributed by atoms with Crippen LogP contribution in [0.25, 0.3) is 21.5 Å². The summed E-state index contributed by atoms with van der Waals surface area (Å²) in [6.07, 6.45) is 13.0. The van der Waals surface area contributed by atoms with Crippen molar-refractivity contribution in [3.05, 3.63) is 59.7 Å². The maximum Gasteiger partial charge on any atom is -0.00612 e. The van der Waals surface area contributed by atoms with Crippen LogP contribution in [0, 0.1) is 6.07 Å². The molecule has 0 heteroatoms. The van der Waals surface area contributed by atoms with Gasteiger partial charge >= 0.3 is 0 Å². The van der Waals surface area contributed by atoms with Crippen LogP contribution in [0.1, 0.15) is 76.3 Å². The third-order valence-electron chi connectivity index (χ3n) is 5.50. The number of hydrogen-bond donors (Lipinski definition) is 0. The molecule has 0 fully saturated rings. The molecule has 0 aliphatic carbocycles. The Bertz CT molecular complexity index is 758. The van der Waals surface area contributed by atoms with Gasteiger partial charge in [0, 0.05) is 0 Å². The lowest BCUT2D eigenvalue weighted by Crippen LogP contribution is -1.97. The van der Waals surface area contributed by atoms with Crippen LogP contribution in [0.3, 0.4) is 0 Å². The highest BCUT2D eigenvalue weighted by atomic mass is 14.1. The molecule has 0 aliphatic rings. The third-order valence-corrected chi connectivity index (χ3v) is 5.50. The van der Waals surface area contributed by atoms with Crippen LogP contribution in [0.4, 0.5) is 0 Å². The number of unbranched alkanes of at least 4 members (excludes halogenated alkanes) is 6. The molecule has 0 nitrogen and oxygen atoms in total. The lowest BCUT2D eigenvalue weighted by molar-refractivity contribution is 0.651. The number of aryl methyl sites for hydroxylation is 2. The Hall–Kier alpha value is -1.82. The van der Waals surface area contributed by atoms with Crippen molar-refractivity contribution in [3.63, 3.8) is 0 Å². The summed E-state index contributed by atoms with van der Waals surface area (Å²) in [5, 5.41) is 5.29. The molecule has 3 aromatic carbocycles. The minimum atomic E-state index is 1.19. The quantitative estimate of drug-likeness (QED) is 0.257. The lowest BCUT2D eigenvalue weighted by atomic mass is 9.92. The van der Waals surface area contributed by atoms with Gasteiger partial charge in [-0.1, -0.05) is 82.7 Å². The first kappa shape index (κ1) is 19.0. The molecule has 3 rings (SSSR count). The van der Waals surface area contributed by atoms with Crippen molar-refractivity contribution in [2.75, 3.05) is 0 Å². The van der Waals surface area contributed by atoms with Gasteiger partial charge in [-0.3, -0.25) is 0 Å². The number of rotatable bonds is 10. The molecule has 0 bridgehead atoms. The zero-order chi connectivity index (χ0) is 18.2. The van der Waals surface area contributed by atoms with Crippen LogP contribution >= 0.6 is 0 Å². The molecule has 26 heavy (non-hydrogen) atoms. The fourth-order valence-corrected chi connectivity index (χ4v) is 3.92. The van der Waals surface area contributed by atoms with Crippen LogP contribution in [-0.4, -0.2) is 0 Å². The maximum absolute atomic E-state index is 3.81. The van der Waals surface area contributed by atoms with E-state index in [2.05, 4.69) is 62.4 Å². The Kier molecular flexibility index (Phi) is 7.12. The Morgan fingerprint density at radius 3 is 2.00 bits per heavy atom. The predicted octanol–water partition coefficient (Wildman–Crippen LogP) is 8.04. The van der Waals surface area contributed by atoms with Crippen LogP contribution in [0.2, 0.25) is 0 Å². The van der Waals surface area contributed by atoms with E-state index in [0.29, 0.717) is 0 Å². The van der Waals surface area contributed by atoms with Gasteiger partial charge in [-0.05, 0) is 76.6 Å². The van der Waals surface area contributed by atoms with Gasteiger partial charge in [-0.15, -0.1) is 0 Å². The van der Waals surface area contributed by atoms with Crippen molar-refractivity contribution in [2.24, 2.45) is 0 Å². The van der Waals surface area contributed by atoms with Crippen LogP contribution in [0.5, 0.6) is 0 Å². The molecule has 0 spiro atoms. The Morgan fingerprint density at radius 2 is 1.31 bits per heavy atom. The average Bonchev–Trinajstić information content (AvgIpc) is 2.67. The van der Waals surface area contributed by atoms with Crippen molar-refractivity contribution in [3.8, 4) is 0 Å². The van der Waals surface area contributed by atoms with Crippen molar-refractivity contribution in [2.45, 2.75) is 78.1 Å². The highest BCUT2D eigenvalue weighted by Crippen LogP contribution is 2.27. The lowest BCUT2D eigenvalue weighted by Gasteiger charge is -2.12. The standard InChI is InChI=1S/C26H33/c1-3-5-7-9-13-21-17-25-19-23-15-11-12-16-24(23)20-26(25)18-22(21)14-10-8-6-4-2/h11-12,15-17,19-20H,3-10,13-14H2,1-2H3. The Balaban J connectivity index is 1.89. The second-order valence-corrected chi connectivity index (χ2v) is 7.68. The summed E-state index contributed by atoms with van der Waals surface area (Å²) in [4.78, 5) is 0. The third kappa shape index (κ3) is 4.87. The molecule has 0 saturated heterocycles. The highest BCUT2D eigenvalue weighted by Gasteiger charge is 2.07. The van der Waals surface area contributed by atoms with Crippen LogP contribution in [0.15, 0.2) is 42.5 Å². The molecule has 0 saturated carbocycles. The molecule has 137 valence electrons. The summed E-state index contributed by atoms with van der Waals surface area (Å²) < 4.78 is 0. The minimum Gasteiger partial charge on any atom is -0.0654 e. The van der Waals surface area contributed by atoms with Gasteiger partial charge in [0.15, 0.2) is 0 Å². The van der Waals surface area contributed by atoms with Gasteiger partial charge < -0.3 is 0 Å². The molecule has 0 heterocycles. The van der Waals surface area contributed by atoms with E-state index in [4.69, 9.17) is 0 Å². The van der Waals surface area contributed by atoms with Gasteiger partial charge in [0.2, 0.25) is 0 Å². The molecule has 3 aromatic rings. The topological polar surface area (TPSA) is 0 Å². The molecule has 0 atom stereocenters. The van der Waals surface area contributed by atoms with Crippen LogP contribution in [-0.2, 0) is 12.8 Å². The van der Waals surface area contributed by atoms with E-state index in [-0.39, 0.29) is 0 Å². The first-order chi connectivity index (χ1) is 12.8. The molecule has 0 amide bonds. The average molecular weight is 346 g/mol. The Morgan fingerprint density at radius 1 is 0.654 bits per heavy atom. The summed E-state index contributed by atoms with van der Waals surface area (Å²) in [6.45, 7) is 4.57. The van der Waals surface area contributed by atoms with Gasteiger partial charge in [-0.2, -0.15) is 0 Å². The molecule has 1 radical (unpaired) electrons. The number of fused-ring (bicyclic) bond motifs is 2. The van der Waals surface area contributed by atoms with E-state index in [1.54, 1.807) is 5.56 Å². The summed E-state index contributed by atoms with van der Waals surface area (Å²) in [6, 6.07) is 19.6. The van der Waals surface area contributed by atoms with Crippen molar-refractivity contribution >= 4 is 21.5 Å². The van der Waals surface area contributed by atoms with E-state index in [1.807, 2.05) is 0 Å². The first-order valence-electron chi connectivity index (χ1n) is 10.7. The van der Waals surface area contributed by atoms with E-state index in [9.17, 15) is 0 Å². The van der Waals surface area contributed by atoms with E-state index in [0.717, 1.165) is 0 Å². The van der Waals surface area contributed by atoms with Gasteiger partial charge in [0.05, 0.1) is 0 Å². The maximum atomic E-state index is 3.81. The second kappa shape index (κ2) is 9.76. The zero-order valence-electron chi connectivity index (χ0n) is 16.6. The van der Waals surface area contributed by atoms with E-state index >= 15 is 0 Å². The predicted molar refractivity (Wildman–Crippen MR) is 116 cm³/mol. The molecule has 0 N–H and O–H groups in total. The van der Waals surface area contributed by atoms with Crippen molar-refractivity contribution in [1.82, 2.24) is 0 Å². The number of benzene rings is 3. The zero-order valence-corrected chi connectivity index (χ0v) is 16.6. The van der Waals surface area contributed by atoms with E-state index in [1.165, 1.54) is 91.3 Å². The highest BCUT2D eigenvalue weighted by molar-refractivity contribution is 5.98. The summed E-state index contributed by atoms with van der Waals surface area (Å²) >= 11 is 0. The molecular weight excluding hydrogens is 312 g/mol. The van der Waals surface area contributed by atoms with Crippen molar-refractivity contribution < 1.29 is 0 Å². The van der Waals surface area contributed by atoms with Gasteiger partial charge in [-0.25, -0.2) is 0 Å². The monoisotopic (exact) mass is 345 g/mol. The Labute approximate surface area is 159 Å². The fourth-order valence-electron chi connectivity index (χ4n) is 3.92. The first-order valence-corrected chi connectivity index (χ1v) is 10.7. The normalized spacial score (nSPS) is 11.5. The summed E-state index contributed by atoms with van der Waals surface area (Å²) in [5.41, 5.74) is 3.01. The molecule has 0 aliphatic heterocycles. The number of hydrogen-bond acceptors (Lipinski definition) is 0. The smallest absolute Gasteiger partial charge is 0.00612 e. The minimum absolute atomic E-state index is 1.19. The largest absolute Gasteiger partial charge is 0.0654 e. The molecule has 0 aromatic heterocycles. The van der Waals surface area contributed by atoms with Crippen molar-refractivity contribution in [1.29, 1.82) is 0 Å². The molecular formula is C26H33. The summed E-state index contributed by atoms with van der Waals surface area (Å²) in [7, 11) is 0.